The van der Waals surface area contributed by atoms with E-state index in [1.807, 2.05) is 0 Å². The van der Waals surface area contributed by atoms with E-state index in [0.29, 0.717) is 5.78 Å². The van der Waals surface area contributed by atoms with Crippen LogP contribution in [0.1, 0.15) is 38.5 Å². The molecule has 0 aliphatic heterocycles. The minimum atomic E-state index is 0. The van der Waals surface area contributed by atoms with E-state index >= 15 is 0 Å². The van der Waals surface area contributed by atoms with Crippen LogP contribution in [0.5, 0.6) is 0 Å². The largest absolute Gasteiger partial charge is 0.300 e. The summed E-state index contributed by atoms with van der Waals surface area (Å²) in [5.41, 5.74) is 0. The molecule has 12 heavy (non-hydrogen) atoms. The van der Waals surface area contributed by atoms with E-state index in [9.17, 15) is 4.79 Å². The van der Waals surface area contributed by atoms with Crippen LogP contribution in [0, 0.1) is 22.7 Å². The van der Waals surface area contributed by atoms with Gasteiger partial charge in [-0.25, -0.2) is 0 Å². The van der Waals surface area contributed by atoms with E-state index in [1.54, 1.807) is 12.1 Å². The molecule has 3 heteroatoms. The second-order valence-corrected chi connectivity index (χ2v) is 2.59. The summed E-state index contributed by atoms with van der Waals surface area (Å²) in [6.07, 6.45) is 5.24. The topological polar surface area (TPSA) is 64.7 Å². The van der Waals surface area contributed by atoms with Crippen molar-refractivity contribution in [2.24, 2.45) is 0 Å². The molecule has 0 N–H and O–H groups in total. The first-order valence-corrected chi connectivity index (χ1v) is 4.07. The lowest BCUT2D eigenvalue weighted by Crippen LogP contribution is -2.02. The Morgan fingerprint density at radius 3 is 1.75 bits per heavy atom. The Kier molecular flexibility index (Phi) is 6.88. The molecule has 0 spiro atoms. The Morgan fingerprint density at radius 2 is 1.58 bits per heavy atom. The van der Waals surface area contributed by atoms with Gasteiger partial charge in [-0.1, -0.05) is 6.42 Å². The van der Waals surface area contributed by atoms with Crippen molar-refractivity contribution in [3.63, 3.8) is 0 Å². The molecular weight excluding hydrogens is 152 g/mol. The van der Waals surface area contributed by atoms with E-state index in [4.69, 9.17) is 10.5 Å². The summed E-state index contributed by atoms with van der Waals surface area (Å²) < 4.78 is 0. The van der Waals surface area contributed by atoms with E-state index in [2.05, 4.69) is 0 Å². The molecule has 0 radical (unpaired) electrons. The average Bonchev–Trinajstić information content (AvgIpc) is 2.08. The van der Waals surface area contributed by atoms with Crippen LogP contribution in [0.15, 0.2) is 0 Å². The lowest BCUT2D eigenvalue weighted by atomic mass is 10.00. The number of hydrogen-bond acceptors (Lipinski definition) is 3. The number of carbonyl (C=O) groups is 1. The predicted molar refractivity (Wildman–Crippen MR) is 43.9 cm³/mol. The van der Waals surface area contributed by atoms with Gasteiger partial charge in [0.05, 0.1) is 12.1 Å². The molecule has 3 nitrogen and oxygen atoms in total. The highest BCUT2D eigenvalue weighted by molar-refractivity contribution is 5.78. The molecule has 64 valence electrons. The van der Waals surface area contributed by atoms with E-state index in [-0.39, 0.29) is 6.42 Å². The Labute approximate surface area is 72.6 Å². The number of nitriles is 2. The molecule has 1 fully saturated rings. The normalized spacial score (nSPS) is 15.0. The van der Waals surface area contributed by atoms with Crippen LogP contribution in [0.2, 0.25) is 0 Å². The van der Waals surface area contributed by atoms with Gasteiger partial charge in [-0.15, -0.1) is 0 Å². The quantitative estimate of drug-likeness (QED) is 0.549. The minimum absolute atomic E-state index is 0. The molecule has 0 unspecified atom stereocenters. The molecule has 1 saturated carbocycles. The lowest BCUT2D eigenvalue weighted by Gasteiger charge is -2.05. The lowest BCUT2D eigenvalue weighted by molar-refractivity contribution is -0.120. The van der Waals surface area contributed by atoms with Crippen molar-refractivity contribution in [3.8, 4) is 12.1 Å². The van der Waals surface area contributed by atoms with Gasteiger partial charge in [0.25, 0.3) is 0 Å². The molecule has 1 aliphatic carbocycles. The first-order valence-electron chi connectivity index (χ1n) is 4.07. The highest BCUT2D eigenvalue weighted by atomic mass is 16.1. The van der Waals surface area contributed by atoms with Gasteiger partial charge in [-0.05, 0) is 12.8 Å². The van der Waals surface area contributed by atoms with Crippen molar-refractivity contribution in [1.29, 1.82) is 10.5 Å². The first-order chi connectivity index (χ1) is 5.81. The van der Waals surface area contributed by atoms with Gasteiger partial charge < -0.3 is 0 Å². The average molecular weight is 164 g/mol. The van der Waals surface area contributed by atoms with Crippen LogP contribution in [-0.2, 0) is 4.79 Å². The van der Waals surface area contributed by atoms with Crippen LogP contribution >= 0.6 is 0 Å². The number of Topliss-reactive ketones (excluding diaryl/α,β-unsaturated/α-hetero) is 1. The standard InChI is InChI=1S/C6H10O.C3H2N2/c7-6-4-2-1-3-5-6;4-2-1-3-5/h1-5H2;1H2. The Morgan fingerprint density at radius 1 is 1.08 bits per heavy atom. The summed E-state index contributed by atoms with van der Waals surface area (Å²) in [7, 11) is 0. The van der Waals surface area contributed by atoms with Crippen molar-refractivity contribution in [1.82, 2.24) is 0 Å². The highest BCUT2D eigenvalue weighted by Gasteiger charge is 2.05. The second kappa shape index (κ2) is 7.75. The fraction of sp³-hybridized carbons (Fsp3) is 0.667. The van der Waals surface area contributed by atoms with Gasteiger partial charge in [0.2, 0.25) is 0 Å². The number of ketones is 1. The number of hydrogen-bond donors (Lipinski definition) is 0. The van der Waals surface area contributed by atoms with E-state index < -0.39 is 0 Å². The molecule has 0 aromatic heterocycles. The SMILES string of the molecule is N#CCC#N.O=C1CCCCC1. The predicted octanol–water partition coefficient (Wildman–Crippen LogP) is 1.94. The van der Waals surface area contributed by atoms with Crippen molar-refractivity contribution in [2.45, 2.75) is 38.5 Å². The van der Waals surface area contributed by atoms with Gasteiger partial charge in [0, 0.05) is 12.8 Å². The maximum Gasteiger partial charge on any atom is 0.132 e. The molecular formula is C9H12N2O. The van der Waals surface area contributed by atoms with Crippen LogP contribution in [0.4, 0.5) is 0 Å². The number of rotatable bonds is 0. The van der Waals surface area contributed by atoms with Crippen LogP contribution < -0.4 is 0 Å². The maximum absolute atomic E-state index is 10.5. The van der Waals surface area contributed by atoms with Gasteiger partial charge in [0.15, 0.2) is 0 Å². The van der Waals surface area contributed by atoms with Gasteiger partial charge >= 0.3 is 0 Å². The molecule has 0 saturated heterocycles. The summed E-state index contributed by atoms with van der Waals surface area (Å²) >= 11 is 0. The zero-order chi connectivity index (χ0) is 9.23. The zero-order valence-corrected chi connectivity index (χ0v) is 7.05. The molecule has 0 atom stereocenters. The summed E-state index contributed by atoms with van der Waals surface area (Å²) in [5, 5.41) is 15.2. The molecule has 0 bridgehead atoms. The van der Waals surface area contributed by atoms with Crippen molar-refractivity contribution in [3.05, 3.63) is 0 Å². The van der Waals surface area contributed by atoms with Crippen molar-refractivity contribution >= 4 is 5.78 Å². The smallest absolute Gasteiger partial charge is 0.132 e. The van der Waals surface area contributed by atoms with Crippen molar-refractivity contribution in [2.75, 3.05) is 0 Å². The Bertz CT molecular complexity index is 190. The van der Waals surface area contributed by atoms with Crippen LogP contribution in [0.25, 0.3) is 0 Å². The fourth-order valence-corrected chi connectivity index (χ4v) is 0.981. The molecule has 1 rings (SSSR count). The fourth-order valence-electron chi connectivity index (χ4n) is 0.981. The molecule has 0 amide bonds. The molecule has 0 aromatic carbocycles. The van der Waals surface area contributed by atoms with Crippen LogP contribution in [-0.4, -0.2) is 5.78 Å². The summed E-state index contributed by atoms with van der Waals surface area (Å²) in [5.74, 6) is 0.464. The third kappa shape index (κ3) is 6.77. The summed E-state index contributed by atoms with van der Waals surface area (Å²) in [4.78, 5) is 10.5. The number of nitrogens with zero attached hydrogens (tertiary/aromatic N) is 2. The van der Waals surface area contributed by atoms with E-state index in [1.165, 1.54) is 6.42 Å². The van der Waals surface area contributed by atoms with E-state index in [0.717, 1.165) is 25.7 Å². The summed E-state index contributed by atoms with van der Waals surface area (Å²) in [6, 6.07) is 3.31. The minimum Gasteiger partial charge on any atom is -0.300 e. The maximum atomic E-state index is 10.5. The van der Waals surface area contributed by atoms with Crippen molar-refractivity contribution < 1.29 is 4.79 Å². The summed E-state index contributed by atoms with van der Waals surface area (Å²) in [6.45, 7) is 0. The van der Waals surface area contributed by atoms with Gasteiger partial charge in [-0.2, -0.15) is 10.5 Å². The molecule has 1 aliphatic rings. The second-order valence-electron chi connectivity index (χ2n) is 2.59. The molecule has 0 heterocycles. The Hall–Kier alpha value is -1.35. The third-order valence-electron chi connectivity index (χ3n) is 1.57. The number of carbonyl (C=O) groups excluding carboxylic acids is 1. The Balaban J connectivity index is 0.000000217. The molecule has 0 aromatic rings. The monoisotopic (exact) mass is 164 g/mol. The van der Waals surface area contributed by atoms with Gasteiger partial charge in [0.1, 0.15) is 12.2 Å². The zero-order valence-electron chi connectivity index (χ0n) is 7.05. The van der Waals surface area contributed by atoms with Crippen LogP contribution in [0.3, 0.4) is 0 Å². The third-order valence-corrected chi connectivity index (χ3v) is 1.57. The van der Waals surface area contributed by atoms with Gasteiger partial charge in [-0.3, -0.25) is 4.79 Å². The first kappa shape index (κ1) is 10.7. The highest BCUT2D eigenvalue weighted by Crippen LogP contribution is 2.12.